The molecule has 2 fully saturated rings. The highest BCUT2D eigenvalue weighted by Gasteiger charge is 2.34. The number of nitrogens with zero attached hydrogens (tertiary/aromatic N) is 3. The van der Waals surface area contributed by atoms with Crippen LogP contribution in [0.3, 0.4) is 0 Å². The van der Waals surface area contributed by atoms with Crippen molar-refractivity contribution in [3.8, 4) is 0 Å². The molecule has 0 bridgehead atoms. The molecule has 1 atom stereocenters. The third-order valence-corrected chi connectivity index (χ3v) is 5.00. The number of hydrogen-bond donors (Lipinski definition) is 0. The fourth-order valence-electron chi connectivity index (χ4n) is 3.71. The SMILES string of the molecule is CCCCN1CCCCC1C(=O)N1CCCN(CC(F)(F)F)CC1. The Morgan fingerprint density at radius 3 is 2.54 bits per heavy atom. The Bertz CT molecular complexity index is 403. The van der Waals surface area contributed by atoms with E-state index in [0.29, 0.717) is 32.6 Å². The first-order chi connectivity index (χ1) is 11.4. The lowest BCUT2D eigenvalue weighted by molar-refractivity contribution is -0.145. The molecule has 1 unspecified atom stereocenters. The van der Waals surface area contributed by atoms with E-state index in [1.807, 2.05) is 0 Å². The Labute approximate surface area is 143 Å². The van der Waals surface area contributed by atoms with Crippen LogP contribution in [0.4, 0.5) is 13.2 Å². The van der Waals surface area contributed by atoms with E-state index < -0.39 is 12.7 Å². The van der Waals surface area contributed by atoms with Gasteiger partial charge in [0, 0.05) is 26.2 Å². The summed E-state index contributed by atoms with van der Waals surface area (Å²) in [7, 11) is 0. The van der Waals surface area contributed by atoms with E-state index >= 15 is 0 Å². The minimum absolute atomic E-state index is 0.0699. The standard InChI is InChI=1S/C17H30F3N3O/c1-2-3-9-22-10-5-4-7-15(22)16(24)23-11-6-8-21(12-13-23)14-17(18,19)20/h15H,2-14H2,1H3. The molecule has 0 aromatic heterocycles. The number of amides is 1. The number of halogens is 3. The van der Waals surface area contributed by atoms with Crippen LogP contribution in [0, 0.1) is 0 Å². The van der Waals surface area contributed by atoms with Crippen LogP contribution in [-0.2, 0) is 4.79 Å². The van der Waals surface area contributed by atoms with Gasteiger partial charge in [0.2, 0.25) is 5.91 Å². The molecule has 2 saturated heterocycles. The highest BCUT2D eigenvalue weighted by Crippen LogP contribution is 2.21. The molecule has 0 spiro atoms. The van der Waals surface area contributed by atoms with Crippen LogP contribution in [0.15, 0.2) is 0 Å². The smallest absolute Gasteiger partial charge is 0.340 e. The van der Waals surface area contributed by atoms with E-state index in [0.717, 1.165) is 45.2 Å². The fraction of sp³-hybridized carbons (Fsp3) is 0.941. The quantitative estimate of drug-likeness (QED) is 0.764. The molecule has 0 aromatic rings. The van der Waals surface area contributed by atoms with Gasteiger partial charge in [0.1, 0.15) is 0 Å². The van der Waals surface area contributed by atoms with E-state index in [1.165, 1.54) is 4.90 Å². The fourth-order valence-corrected chi connectivity index (χ4v) is 3.71. The molecule has 0 aliphatic carbocycles. The second kappa shape index (κ2) is 9.04. The van der Waals surface area contributed by atoms with E-state index in [9.17, 15) is 18.0 Å². The largest absolute Gasteiger partial charge is 0.401 e. The monoisotopic (exact) mass is 349 g/mol. The van der Waals surface area contributed by atoms with Gasteiger partial charge in [-0.05, 0) is 38.8 Å². The van der Waals surface area contributed by atoms with Gasteiger partial charge in [-0.15, -0.1) is 0 Å². The molecular formula is C17H30F3N3O. The number of alkyl halides is 3. The van der Waals surface area contributed by atoms with Gasteiger partial charge in [0.05, 0.1) is 12.6 Å². The lowest BCUT2D eigenvalue weighted by atomic mass is 10.00. The molecule has 2 aliphatic rings. The minimum atomic E-state index is -4.17. The molecule has 2 heterocycles. The summed E-state index contributed by atoms with van der Waals surface area (Å²) >= 11 is 0. The minimum Gasteiger partial charge on any atom is -0.340 e. The number of piperidine rings is 1. The van der Waals surface area contributed by atoms with E-state index in [2.05, 4.69) is 11.8 Å². The predicted octanol–water partition coefficient (Wildman–Crippen LogP) is 2.74. The number of unbranched alkanes of at least 4 members (excludes halogenated alkanes) is 1. The van der Waals surface area contributed by atoms with Crippen molar-refractivity contribution in [1.29, 1.82) is 0 Å². The lowest BCUT2D eigenvalue weighted by Crippen LogP contribution is -2.52. The maximum Gasteiger partial charge on any atom is 0.401 e. The van der Waals surface area contributed by atoms with Gasteiger partial charge in [-0.25, -0.2) is 0 Å². The van der Waals surface area contributed by atoms with Gasteiger partial charge in [0.25, 0.3) is 0 Å². The normalized spacial score (nSPS) is 24.8. The number of likely N-dealkylation sites (tertiary alicyclic amines) is 1. The highest BCUT2D eigenvalue weighted by molar-refractivity contribution is 5.82. The lowest BCUT2D eigenvalue weighted by Gasteiger charge is -2.37. The summed E-state index contributed by atoms with van der Waals surface area (Å²) in [4.78, 5) is 18.4. The second-order valence-electron chi connectivity index (χ2n) is 6.97. The van der Waals surface area contributed by atoms with Crippen molar-refractivity contribution in [2.75, 3.05) is 45.8 Å². The van der Waals surface area contributed by atoms with Gasteiger partial charge in [-0.3, -0.25) is 14.6 Å². The Hall–Kier alpha value is -0.820. The van der Waals surface area contributed by atoms with E-state index in [4.69, 9.17) is 0 Å². The maximum atomic E-state index is 12.9. The molecule has 1 amide bonds. The van der Waals surface area contributed by atoms with Crippen LogP contribution < -0.4 is 0 Å². The number of carbonyl (C=O) groups is 1. The van der Waals surface area contributed by atoms with Crippen LogP contribution in [0.1, 0.15) is 45.4 Å². The molecule has 140 valence electrons. The molecule has 24 heavy (non-hydrogen) atoms. The van der Waals surface area contributed by atoms with Crippen LogP contribution >= 0.6 is 0 Å². The third-order valence-electron chi connectivity index (χ3n) is 5.00. The zero-order valence-corrected chi connectivity index (χ0v) is 14.7. The predicted molar refractivity (Wildman–Crippen MR) is 87.8 cm³/mol. The van der Waals surface area contributed by atoms with Crippen molar-refractivity contribution in [2.24, 2.45) is 0 Å². The molecule has 0 saturated carbocycles. The second-order valence-corrected chi connectivity index (χ2v) is 6.97. The Kier molecular flexibility index (Phi) is 7.34. The average Bonchev–Trinajstić information content (AvgIpc) is 2.76. The van der Waals surface area contributed by atoms with Gasteiger partial charge >= 0.3 is 6.18 Å². The van der Waals surface area contributed by atoms with Gasteiger partial charge in [-0.1, -0.05) is 19.8 Å². The molecule has 0 radical (unpaired) electrons. The zero-order valence-electron chi connectivity index (χ0n) is 14.7. The summed E-state index contributed by atoms with van der Waals surface area (Å²) in [5.74, 6) is 0.125. The zero-order chi connectivity index (χ0) is 17.6. The molecule has 2 rings (SSSR count). The van der Waals surface area contributed by atoms with E-state index in [1.54, 1.807) is 4.90 Å². The summed E-state index contributed by atoms with van der Waals surface area (Å²) in [5.41, 5.74) is 0. The molecule has 0 N–H and O–H groups in total. The average molecular weight is 349 g/mol. The molecule has 4 nitrogen and oxygen atoms in total. The van der Waals surface area contributed by atoms with Crippen LogP contribution in [0.2, 0.25) is 0 Å². The van der Waals surface area contributed by atoms with Crippen LogP contribution in [0.5, 0.6) is 0 Å². The van der Waals surface area contributed by atoms with Crippen molar-refractivity contribution in [3.05, 3.63) is 0 Å². The van der Waals surface area contributed by atoms with E-state index in [-0.39, 0.29) is 11.9 Å². The Morgan fingerprint density at radius 1 is 1.04 bits per heavy atom. The summed E-state index contributed by atoms with van der Waals surface area (Å²) < 4.78 is 37.7. The van der Waals surface area contributed by atoms with Gasteiger partial charge in [-0.2, -0.15) is 13.2 Å². The molecular weight excluding hydrogens is 319 g/mol. The van der Waals surface area contributed by atoms with Crippen molar-refractivity contribution in [3.63, 3.8) is 0 Å². The van der Waals surface area contributed by atoms with Gasteiger partial charge in [0.15, 0.2) is 0 Å². The van der Waals surface area contributed by atoms with Crippen molar-refractivity contribution in [2.45, 2.75) is 57.7 Å². The van der Waals surface area contributed by atoms with Crippen molar-refractivity contribution in [1.82, 2.24) is 14.7 Å². The van der Waals surface area contributed by atoms with Crippen molar-refractivity contribution < 1.29 is 18.0 Å². The summed E-state index contributed by atoms with van der Waals surface area (Å²) in [6.07, 6.45) is 1.71. The number of rotatable bonds is 5. The molecule has 2 aliphatic heterocycles. The maximum absolute atomic E-state index is 12.9. The van der Waals surface area contributed by atoms with Crippen LogP contribution in [0.25, 0.3) is 0 Å². The number of carbonyl (C=O) groups excluding carboxylic acids is 1. The Morgan fingerprint density at radius 2 is 1.83 bits per heavy atom. The Balaban J connectivity index is 1.91. The first-order valence-corrected chi connectivity index (χ1v) is 9.22. The summed E-state index contributed by atoms with van der Waals surface area (Å²) in [6.45, 7) is 4.88. The highest BCUT2D eigenvalue weighted by atomic mass is 19.4. The first-order valence-electron chi connectivity index (χ1n) is 9.22. The van der Waals surface area contributed by atoms with Gasteiger partial charge < -0.3 is 4.90 Å². The van der Waals surface area contributed by atoms with Crippen molar-refractivity contribution >= 4 is 5.91 Å². The number of hydrogen-bond acceptors (Lipinski definition) is 3. The summed E-state index contributed by atoms with van der Waals surface area (Å²) in [5, 5.41) is 0. The van der Waals surface area contributed by atoms with Crippen LogP contribution in [-0.4, -0.2) is 78.6 Å². The molecule has 0 aromatic carbocycles. The first kappa shape index (κ1) is 19.5. The summed E-state index contributed by atoms with van der Waals surface area (Å²) in [6, 6.07) is -0.0699. The third kappa shape index (κ3) is 5.92. The molecule has 7 heteroatoms. The topological polar surface area (TPSA) is 26.8 Å².